The smallest absolute Gasteiger partial charge is 0.261 e. The number of halogens is 1. The topological polar surface area (TPSA) is 74.2 Å². The molecule has 0 aliphatic carbocycles. The van der Waals surface area contributed by atoms with Crippen LogP contribution in [0.4, 0.5) is 5.69 Å². The number of anilines is 1. The van der Waals surface area contributed by atoms with E-state index < -0.39 is 5.60 Å². The molecule has 20 heavy (non-hydrogen) atoms. The number of ether oxygens (including phenoxy) is 1. The zero-order valence-electron chi connectivity index (χ0n) is 11.8. The Morgan fingerprint density at radius 3 is 2.60 bits per heavy atom. The summed E-state index contributed by atoms with van der Waals surface area (Å²) in [7, 11) is 1.65. The Labute approximate surface area is 123 Å². The molecule has 0 saturated heterocycles. The third-order valence-electron chi connectivity index (χ3n) is 3.63. The van der Waals surface area contributed by atoms with Crippen LogP contribution in [0, 0.1) is 0 Å². The van der Waals surface area contributed by atoms with Crippen molar-refractivity contribution in [2.24, 2.45) is 0 Å². The number of hydrogen-bond acceptors (Lipinski definition) is 5. The van der Waals surface area contributed by atoms with Crippen LogP contribution in [-0.2, 0) is 10.3 Å². The highest BCUT2D eigenvalue weighted by atomic mass is 35.5. The summed E-state index contributed by atoms with van der Waals surface area (Å²) in [4.78, 5) is 4.42. The lowest BCUT2D eigenvalue weighted by Gasteiger charge is -2.25. The average Bonchev–Trinajstić information content (AvgIpc) is 2.91. The number of nitrogens with two attached hydrogens (primary N) is 1. The number of nitrogen functional groups attached to an aromatic ring is 1. The van der Waals surface area contributed by atoms with Crippen molar-refractivity contribution in [1.82, 2.24) is 10.1 Å². The van der Waals surface area contributed by atoms with Gasteiger partial charge >= 0.3 is 0 Å². The highest BCUT2D eigenvalue weighted by Crippen LogP contribution is 2.35. The summed E-state index contributed by atoms with van der Waals surface area (Å²) in [5.74, 6) is 0.825. The first-order valence-corrected chi connectivity index (χ1v) is 6.89. The van der Waals surface area contributed by atoms with E-state index >= 15 is 0 Å². The molecule has 0 unspecified atom stereocenters. The van der Waals surface area contributed by atoms with Crippen molar-refractivity contribution in [3.8, 4) is 11.5 Å². The third-order valence-corrected chi connectivity index (χ3v) is 3.94. The Kier molecular flexibility index (Phi) is 4.30. The first kappa shape index (κ1) is 14.8. The van der Waals surface area contributed by atoms with E-state index in [1.165, 1.54) is 0 Å². The molecule has 1 heterocycles. The number of methoxy groups -OCH3 is 1. The Morgan fingerprint density at radius 2 is 2.05 bits per heavy atom. The maximum Gasteiger partial charge on any atom is 0.261 e. The SMILES string of the molecule is CCC(CC)(OC)c1noc(-c2c(N)cccc2Cl)n1. The molecule has 108 valence electrons. The summed E-state index contributed by atoms with van der Waals surface area (Å²) < 4.78 is 10.9. The molecule has 0 spiro atoms. The van der Waals surface area contributed by atoms with Crippen LogP contribution in [-0.4, -0.2) is 17.3 Å². The van der Waals surface area contributed by atoms with Crippen LogP contribution in [0.2, 0.25) is 5.02 Å². The van der Waals surface area contributed by atoms with Gasteiger partial charge < -0.3 is 15.0 Å². The second-order valence-corrected chi connectivity index (χ2v) is 4.94. The second kappa shape index (κ2) is 5.81. The van der Waals surface area contributed by atoms with Crippen molar-refractivity contribution in [2.75, 3.05) is 12.8 Å². The molecule has 2 rings (SSSR count). The van der Waals surface area contributed by atoms with Crippen molar-refractivity contribution in [1.29, 1.82) is 0 Å². The molecule has 0 amide bonds. The molecule has 0 atom stereocenters. The van der Waals surface area contributed by atoms with Gasteiger partial charge in [-0.1, -0.05) is 36.7 Å². The fourth-order valence-electron chi connectivity index (χ4n) is 2.22. The highest BCUT2D eigenvalue weighted by Gasteiger charge is 2.34. The molecule has 0 aliphatic heterocycles. The first-order valence-electron chi connectivity index (χ1n) is 6.51. The predicted molar refractivity (Wildman–Crippen MR) is 78.4 cm³/mol. The van der Waals surface area contributed by atoms with Crippen LogP contribution < -0.4 is 5.73 Å². The summed E-state index contributed by atoms with van der Waals surface area (Å²) in [6.45, 7) is 4.04. The standard InChI is InChI=1S/C14H18ClN3O2/c1-4-14(5-2,19-3)13-17-12(20-18-13)11-9(15)7-6-8-10(11)16/h6-8H,4-5,16H2,1-3H3. The quantitative estimate of drug-likeness (QED) is 0.853. The first-order chi connectivity index (χ1) is 9.57. The van der Waals surface area contributed by atoms with Crippen molar-refractivity contribution in [2.45, 2.75) is 32.3 Å². The molecule has 6 heteroatoms. The van der Waals surface area contributed by atoms with E-state index in [4.69, 9.17) is 26.6 Å². The zero-order chi connectivity index (χ0) is 14.8. The van der Waals surface area contributed by atoms with Gasteiger partial charge in [0, 0.05) is 12.8 Å². The molecular formula is C14H18ClN3O2. The van der Waals surface area contributed by atoms with Gasteiger partial charge in [0.1, 0.15) is 5.60 Å². The zero-order valence-corrected chi connectivity index (χ0v) is 12.6. The molecule has 0 bridgehead atoms. The van der Waals surface area contributed by atoms with Gasteiger partial charge in [-0.15, -0.1) is 0 Å². The van der Waals surface area contributed by atoms with Crippen molar-refractivity contribution >= 4 is 17.3 Å². The van der Waals surface area contributed by atoms with Crippen LogP contribution >= 0.6 is 11.6 Å². The molecule has 0 radical (unpaired) electrons. The van der Waals surface area contributed by atoms with Crippen molar-refractivity contribution < 1.29 is 9.26 Å². The lowest BCUT2D eigenvalue weighted by Crippen LogP contribution is -2.28. The Morgan fingerprint density at radius 1 is 1.35 bits per heavy atom. The Balaban J connectivity index is 2.48. The van der Waals surface area contributed by atoms with Crippen LogP contribution in [0.1, 0.15) is 32.5 Å². The van der Waals surface area contributed by atoms with Crippen LogP contribution in [0.25, 0.3) is 11.5 Å². The van der Waals surface area contributed by atoms with E-state index in [0.29, 0.717) is 28.0 Å². The number of aromatic nitrogens is 2. The summed E-state index contributed by atoms with van der Waals surface area (Å²) in [5, 5.41) is 4.52. The minimum absolute atomic E-state index is 0.312. The molecule has 5 nitrogen and oxygen atoms in total. The molecule has 1 aromatic carbocycles. The lowest BCUT2D eigenvalue weighted by molar-refractivity contribution is -0.0306. The molecule has 0 saturated carbocycles. The molecular weight excluding hydrogens is 278 g/mol. The largest absolute Gasteiger partial charge is 0.398 e. The van der Waals surface area contributed by atoms with Crippen LogP contribution in [0.3, 0.4) is 0 Å². The van der Waals surface area contributed by atoms with Gasteiger partial charge in [-0.05, 0) is 25.0 Å². The maximum absolute atomic E-state index is 6.15. The molecule has 1 aromatic heterocycles. The minimum Gasteiger partial charge on any atom is -0.398 e. The number of benzene rings is 1. The van der Waals surface area contributed by atoms with E-state index in [0.717, 1.165) is 12.8 Å². The second-order valence-electron chi connectivity index (χ2n) is 4.53. The minimum atomic E-state index is -0.544. The van der Waals surface area contributed by atoms with E-state index in [-0.39, 0.29) is 0 Å². The predicted octanol–water partition coefficient (Wildman–Crippen LogP) is 3.63. The van der Waals surface area contributed by atoms with E-state index in [1.807, 2.05) is 13.8 Å². The molecule has 0 aliphatic rings. The van der Waals surface area contributed by atoms with Crippen LogP contribution in [0.15, 0.2) is 22.7 Å². The summed E-state index contributed by atoms with van der Waals surface area (Å²) in [6, 6.07) is 5.25. The fourth-order valence-corrected chi connectivity index (χ4v) is 2.49. The van der Waals surface area contributed by atoms with E-state index in [9.17, 15) is 0 Å². The monoisotopic (exact) mass is 295 g/mol. The fraction of sp³-hybridized carbons (Fsp3) is 0.429. The van der Waals surface area contributed by atoms with Crippen molar-refractivity contribution in [3.05, 3.63) is 29.0 Å². The normalized spacial score (nSPS) is 11.8. The number of rotatable bonds is 5. The Bertz CT molecular complexity index is 565. The van der Waals surface area contributed by atoms with E-state index in [1.54, 1.807) is 25.3 Å². The average molecular weight is 296 g/mol. The number of nitrogens with zero attached hydrogens (tertiary/aromatic N) is 2. The van der Waals surface area contributed by atoms with Gasteiger partial charge in [0.05, 0.1) is 10.6 Å². The molecule has 0 fully saturated rings. The lowest BCUT2D eigenvalue weighted by atomic mass is 9.96. The molecule has 2 aromatic rings. The molecule has 2 N–H and O–H groups in total. The maximum atomic E-state index is 6.15. The van der Waals surface area contributed by atoms with Gasteiger partial charge in [0.25, 0.3) is 5.89 Å². The highest BCUT2D eigenvalue weighted by molar-refractivity contribution is 6.33. The van der Waals surface area contributed by atoms with E-state index in [2.05, 4.69) is 10.1 Å². The van der Waals surface area contributed by atoms with Gasteiger partial charge in [-0.3, -0.25) is 0 Å². The summed E-state index contributed by atoms with van der Waals surface area (Å²) >= 11 is 6.15. The Hall–Kier alpha value is -1.59. The summed E-state index contributed by atoms with van der Waals surface area (Å²) in [5.41, 5.74) is 6.45. The number of hydrogen-bond donors (Lipinski definition) is 1. The van der Waals surface area contributed by atoms with Gasteiger partial charge in [0.2, 0.25) is 5.82 Å². The van der Waals surface area contributed by atoms with Crippen LogP contribution in [0.5, 0.6) is 0 Å². The third kappa shape index (κ3) is 2.39. The van der Waals surface area contributed by atoms with Gasteiger partial charge in [0.15, 0.2) is 0 Å². The van der Waals surface area contributed by atoms with Gasteiger partial charge in [-0.2, -0.15) is 4.98 Å². The van der Waals surface area contributed by atoms with Crippen molar-refractivity contribution in [3.63, 3.8) is 0 Å². The summed E-state index contributed by atoms with van der Waals surface area (Å²) in [6.07, 6.45) is 1.49. The van der Waals surface area contributed by atoms with Gasteiger partial charge in [-0.25, -0.2) is 0 Å².